The Balaban J connectivity index is 1.80. The molecule has 1 amide bonds. The fraction of sp³-hybridized carbons (Fsp3) is 0.280. The number of pyridine rings is 1. The first kappa shape index (κ1) is 20.6. The van der Waals surface area contributed by atoms with Crippen molar-refractivity contribution in [2.45, 2.75) is 38.8 Å². The molecular formula is C25H24ClN3O3. The number of halogens is 1. The number of hydrogen-bond acceptors (Lipinski definition) is 4. The molecule has 6 nitrogen and oxygen atoms in total. The maximum Gasteiger partial charge on any atom is 0.278 e. The van der Waals surface area contributed by atoms with Crippen LogP contribution in [0.4, 0.5) is 0 Å². The predicted molar refractivity (Wildman–Crippen MR) is 124 cm³/mol. The molecule has 5 rings (SSSR count). The van der Waals surface area contributed by atoms with Gasteiger partial charge in [-0.05, 0) is 55.0 Å². The molecule has 0 spiro atoms. The minimum Gasteiger partial charge on any atom is -0.502 e. The van der Waals surface area contributed by atoms with E-state index in [1.54, 1.807) is 15.8 Å². The van der Waals surface area contributed by atoms with Gasteiger partial charge in [0.25, 0.3) is 5.91 Å². The lowest BCUT2D eigenvalue weighted by atomic mass is 9.94. The number of aryl methyl sites for hydroxylation is 1. The molecule has 1 unspecified atom stereocenters. The average Bonchev–Trinajstić information content (AvgIpc) is 2.94. The monoisotopic (exact) mass is 449 g/mol. The van der Waals surface area contributed by atoms with E-state index in [0.29, 0.717) is 6.67 Å². The molecule has 1 atom stereocenters. The summed E-state index contributed by atoms with van der Waals surface area (Å²) in [6.45, 7) is 4.15. The van der Waals surface area contributed by atoms with Crippen LogP contribution in [0.5, 0.6) is 5.75 Å². The minimum absolute atomic E-state index is 0.0113. The van der Waals surface area contributed by atoms with Crippen molar-refractivity contribution in [1.29, 1.82) is 0 Å². The quantitative estimate of drug-likeness (QED) is 0.645. The number of benzene rings is 2. The number of fused-ring (bicyclic) bond motifs is 3. The number of carbonyl (C=O) groups excluding carboxylic acids is 1. The normalized spacial score (nSPS) is 17.6. The Morgan fingerprint density at radius 2 is 1.75 bits per heavy atom. The number of aromatic nitrogens is 1. The first-order chi connectivity index (χ1) is 15.4. The molecule has 0 bridgehead atoms. The van der Waals surface area contributed by atoms with Crippen molar-refractivity contribution >= 4 is 17.5 Å². The SMILES string of the molecule is CC(C)N1CN(C2c3ccccc3CCc3c(Cl)cccc32)n2ccc(=O)c(O)c2C1=O. The molecule has 164 valence electrons. The van der Waals surface area contributed by atoms with E-state index < -0.39 is 11.2 Å². The third-order valence-electron chi connectivity index (χ3n) is 6.46. The highest BCUT2D eigenvalue weighted by Crippen LogP contribution is 2.40. The Bertz CT molecular complexity index is 1280. The van der Waals surface area contributed by atoms with Crippen molar-refractivity contribution in [1.82, 2.24) is 9.58 Å². The van der Waals surface area contributed by atoms with Crippen LogP contribution in [0, 0.1) is 0 Å². The second-order valence-corrected chi connectivity index (χ2v) is 8.99. The van der Waals surface area contributed by atoms with Crippen molar-refractivity contribution < 1.29 is 9.90 Å². The number of amides is 1. The van der Waals surface area contributed by atoms with E-state index in [0.717, 1.165) is 34.6 Å². The van der Waals surface area contributed by atoms with Crippen molar-refractivity contribution in [2.24, 2.45) is 0 Å². The summed E-state index contributed by atoms with van der Waals surface area (Å²) in [6, 6.07) is 15.1. The molecular weight excluding hydrogens is 426 g/mol. The van der Waals surface area contributed by atoms with E-state index in [1.807, 2.05) is 43.1 Å². The lowest BCUT2D eigenvalue weighted by Crippen LogP contribution is -2.57. The van der Waals surface area contributed by atoms with Crippen molar-refractivity contribution in [3.63, 3.8) is 0 Å². The summed E-state index contributed by atoms with van der Waals surface area (Å²) in [4.78, 5) is 27.1. The lowest BCUT2D eigenvalue weighted by molar-refractivity contribution is 0.0621. The summed E-state index contributed by atoms with van der Waals surface area (Å²) < 4.78 is 1.63. The largest absolute Gasteiger partial charge is 0.502 e. The number of rotatable bonds is 2. The molecule has 1 aliphatic heterocycles. The Hall–Kier alpha value is -3.25. The molecule has 2 aliphatic rings. The zero-order valence-corrected chi connectivity index (χ0v) is 18.7. The van der Waals surface area contributed by atoms with Gasteiger partial charge in [0.2, 0.25) is 5.43 Å². The zero-order chi connectivity index (χ0) is 22.6. The Morgan fingerprint density at radius 3 is 2.53 bits per heavy atom. The molecule has 1 aliphatic carbocycles. The van der Waals surface area contributed by atoms with Crippen LogP contribution < -0.4 is 10.4 Å². The average molecular weight is 450 g/mol. The fourth-order valence-corrected chi connectivity index (χ4v) is 5.11. The van der Waals surface area contributed by atoms with Crippen molar-refractivity contribution in [2.75, 3.05) is 11.7 Å². The molecule has 2 aromatic carbocycles. The van der Waals surface area contributed by atoms with Crippen molar-refractivity contribution in [3.8, 4) is 5.75 Å². The van der Waals surface area contributed by atoms with E-state index in [4.69, 9.17) is 11.6 Å². The van der Waals surface area contributed by atoms with Gasteiger partial charge in [0.15, 0.2) is 11.4 Å². The van der Waals surface area contributed by atoms with Gasteiger partial charge >= 0.3 is 0 Å². The fourth-order valence-electron chi connectivity index (χ4n) is 4.83. The third kappa shape index (κ3) is 3.09. The number of nitrogens with zero attached hydrogens (tertiary/aromatic N) is 3. The predicted octanol–water partition coefficient (Wildman–Crippen LogP) is 3.86. The van der Waals surface area contributed by atoms with Gasteiger partial charge < -0.3 is 10.0 Å². The summed E-state index contributed by atoms with van der Waals surface area (Å²) in [7, 11) is 0. The summed E-state index contributed by atoms with van der Waals surface area (Å²) >= 11 is 6.64. The van der Waals surface area contributed by atoms with Crippen LogP contribution in [0.1, 0.15) is 52.6 Å². The summed E-state index contributed by atoms with van der Waals surface area (Å²) in [5.41, 5.74) is 3.89. The molecule has 0 saturated heterocycles. The summed E-state index contributed by atoms with van der Waals surface area (Å²) in [5.74, 6) is -0.888. The molecule has 2 heterocycles. The summed E-state index contributed by atoms with van der Waals surface area (Å²) in [6.07, 6.45) is 3.24. The van der Waals surface area contributed by atoms with Gasteiger partial charge in [-0.2, -0.15) is 0 Å². The van der Waals surface area contributed by atoms with Crippen molar-refractivity contribution in [3.05, 3.63) is 97.9 Å². The summed E-state index contributed by atoms with van der Waals surface area (Å²) in [5, 5.41) is 13.3. The molecule has 3 aromatic rings. The van der Waals surface area contributed by atoms with Crippen LogP contribution in [0.3, 0.4) is 0 Å². The standard InChI is InChI=1S/C25H24ClN3O3/c1-15(2)27-14-29(28-13-12-21(30)24(31)23(28)25(27)32)22-17-7-4-3-6-16(17)10-11-18-19(22)8-5-9-20(18)26/h3-9,12-13,15,22,31H,10-11,14H2,1-2H3. The Labute approximate surface area is 191 Å². The highest BCUT2D eigenvalue weighted by Gasteiger charge is 2.39. The van der Waals surface area contributed by atoms with E-state index >= 15 is 0 Å². The topological polar surface area (TPSA) is 65.8 Å². The van der Waals surface area contributed by atoms with Gasteiger partial charge in [-0.15, -0.1) is 0 Å². The maximum atomic E-state index is 13.2. The molecule has 7 heteroatoms. The maximum absolute atomic E-state index is 13.2. The molecule has 32 heavy (non-hydrogen) atoms. The highest BCUT2D eigenvalue weighted by molar-refractivity contribution is 6.31. The molecule has 0 radical (unpaired) electrons. The van der Waals surface area contributed by atoms with Crippen LogP contribution in [-0.4, -0.2) is 33.3 Å². The van der Waals surface area contributed by atoms with Gasteiger partial charge in [0, 0.05) is 23.3 Å². The molecule has 1 aromatic heterocycles. The number of hydrogen-bond donors (Lipinski definition) is 1. The van der Waals surface area contributed by atoms with Gasteiger partial charge in [-0.3, -0.25) is 19.3 Å². The van der Waals surface area contributed by atoms with E-state index in [-0.39, 0.29) is 23.7 Å². The van der Waals surface area contributed by atoms with Gasteiger partial charge in [-0.1, -0.05) is 48.0 Å². The molecule has 0 fully saturated rings. The molecule has 1 N–H and O–H groups in total. The second kappa shape index (κ2) is 7.71. The first-order valence-electron chi connectivity index (χ1n) is 10.8. The van der Waals surface area contributed by atoms with Crippen LogP contribution in [0.25, 0.3) is 0 Å². The van der Waals surface area contributed by atoms with Crippen LogP contribution in [-0.2, 0) is 12.8 Å². The second-order valence-electron chi connectivity index (χ2n) is 8.58. The van der Waals surface area contributed by atoms with Gasteiger partial charge in [0.05, 0.1) is 6.04 Å². The lowest BCUT2D eigenvalue weighted by Gasteiger charge is -2.45. The number of carbonyl (C=O) groups is 1. The number of aromatic hydroxyl groups is 1. The van der Waals surface area contributed by atoms with Gasteiger partial charge in [-0.25, -0.2) is 0 Å². The Kier molecular flexibility index (Phi) is 4.97. The van der Waals surface area contributed by atoms with E-state index in [9.17, 15) is 14.7 Å². The van der Waals surface area contributed by atoms with Crippen LogP contribution in [0.2, 0.25) is 5.02 Å². The smallest absolute Gasteiger partial charge is 0.278 e. The minimum atomic E-state index is -0.570. The highest BCUT2D eigenvalue weighted by atomic mass is 35.5. The van der Waals surface area contributed by atoms with Crippen LogP contribution in [0.15, 0.2) is 59.5 Å². The van der Waals surface area contributed by atoms with Crippen LogP contribution >= 0.6 is 11.6 Å². The Morgan fingerprint density at radius 1 is 1.00 bits per heavy atom. The first-order valence-corrected chi connectivity index (χ1v) is 11.1. The third-order valence-corrected chi connectivity index (χ3v) is 6.81. The van der Waals surface area contributed by atoms with Gasteiger partial charge in [0.1, 0.15) is 6.67 Å². The van der Waals surface area contributed by atoms with E-state index in [2.05, 4.69) is 18.2 Å². The zero-order valence-electron chi connectivity index (χ0n) is 18.0. The van der Waals surface area contributed by atoms with E-state index in [1.165, 1.54) is 11.6 Å². The molecule has 0 saturated carbocycles.